The maximum atomic E-state index is 11.7. The van der Waals surface area contributed by atoms with Crippen LogP contribution in [0.5, 0.6) is 0 Å². The molecule has 21 heteroatoms. The molecule has 0 saturated heterocycles. The van der Waals surface area contributed by atoms with E-state index in [2.05, 4.69) is 5.32 Å². The van der Waals surface area contributed by atoms with Gasteiger partial charge in [-0.1, -0.05) is 20.8 Å². The minimum absolute atomic E-state index is 0.0416. The van der Waals surface area contributed by atoms with Gasteiger partial charge in [-0.3, -0.25) is 33.7 Å². The lowest BCUT2D eigenvalue weighted by molar-refractivity contribution is -0.194. The van der Waals surface area contributed by atoms with Crippen LogP contribution in [0.2, 0.25) is 0 Å². The Hall–Kier alpha value is -3.64. The van der Waals surface area contributed by atoms with Crippen molar-refractivity contribution >= 4 is 35.6 Å². The summed E-state index contributed by atoms with van der Waals surface area (Å²) in [5.41, 5.74) is 0. The van der Waals surface area contributed by atoms with Crippen LogP contribution in [0.15, 0.2) is 12.2 Å². The summed E-state index contributed by atoms with van der Waals surface area (Å²) in [4.78, 5) is 68.8. The average Bonchev–Trinajstić information content (AvgIpc) is 3.54. The molecule has 1 aliphatic heterocycles. The lowest BCUT2D eigenvalue weighted by Crippen LogP contribution is -2.38. The van der Waals surface area contributed by atoms with Gasteiger partial charge in [0.15, 0.2) is 18.9 Å². The van der Waals surface area contributed by atoms with Gasteiger partial charge in [-0.2, -0.15) is 0 Å². The van der Waals surface area contributed by atoms with Crippen LogP contribution in [0.4, 0.5) is 0 Å². The van der Waals surface area contributed by atoms with Gasteiger partial charge in [-0.15, -0.1) is 0 Å². The molecule has 0 aliphatic carbocycles. The summed E-state index contributed by atoms with van der Waals surface area (Å²) in [5, 5.41) is 46.4. The first kappa shape index (κ1) is 56.5. The number of carbonyl (C=O) groups is 6. The predicted octanol–water partition coefficient (Wildman–Crippen LogP) is -0.216. The topological polar surface area (TPSA) is 293 Å². The van der Waals surface area contributed by atoms with E-state index in [0.717, 1.165) is 4.90 Å². The van der Waals surface area contributed by atoms with E-state index in [-0.39, 0.29) is 103 Å². The SMILES string of the molecule is CCC(CO)OC(CO)OC.CCC(CO)OC(COC(=O)CCCC(=O)NCCN1C(=O)C=CC1=O)OC.CCC(CO)OC(COC(=O)CCCC(=O)O)OC. The van der Waals surface area contributed by atoms with Crippen molar-refractivity contribution in [1.82, 2.24) is 10.2 Å². The first-order chi connectivity index (χ1) is 27.7. The van der Waals surface area contributed by atoms with E-state index in [1.54, 1.807) is 0 Å². The fourth-order valence-corrected chi connectivity index (χ4v) is 4.24. The van der Waals surface area contributed by atoms with Crippen molar-refractivity contribution in [1.29, 1.82) is 0 Å². The number of nitrogens with one attached hydrogen (secondary N) is 1. The van der Waals surface area contributed by atoms with Gasteiger partial charge < -0.3 is 68.7 Å². The summed E-state index contributed by atoms with van der Waals surface area (Å²) in [7, 11) is 4.27. The van der Waals surface area contributed by atoms with Crippen molar-refractivity contribution in [2.24, 2.45) is 0 Å². The van der Waals surface area contributed by atoms with Gasteiger partial charge in [0, 0.05) is 72.3 Å². The second kappa shape index (κ2) is 36.4. The number of aliphatic hydroxyl groups excluding tert-OH is 4. The lowest BCUT2D eigenvalue weighted by atomic mass is 10.2. The molecule has 1 rings (SSSR count). The fraction of sp³-hybridized carbons (Fsp3) is 0.784. The molecule has 0 saturated carbocycles. The molecule has 0 aromatic carbocycles. The van der Waals surface area contributed by atoms with Crippen molar-refractivity contribution in [3.63, 3.8) is 0 Å². The maximum absolute atomic E-state index is 11.7. The van der Waals surface area contributed by atoms with E-state index in [4.69, 9.17) is 63.4 Å². The van der Waals surface area contributed by atoms with Crippen LogP contribution in [0, 0.1) is 0 Å². The normalized spacial score (nSPS) is 15.2. The number of esters is 2. The van der Waals surface area contributed by atoms with Crippen molar-refractivity contribution in [2.75, 3.05) is 74.1 Å². The minimum atomic E-state index is -0.945. The van der Waals surface area contributed by atoms with Gasteiger partial charge in [0.05, 0.1) is 44.7 Å². The van der Waals surface area contributed by atoms with Gasteiger partial charge in [0.25, 0.3) is 11.8 Å². The Morgan fingerprint density at radius 1 is 0.621 bits per heavy atom. The molecule has 0 radical (unpaired) electrons. The third kappa shape index (κ3) is 28.7. The van der Waals surface area contributed by atoms with Gasteiger partial charge in [-0.05, 0) is 32.1 Å². The number of carboxylic acids is 1. The van der Waals surface area contributed by atoms with Crippen LogP contribution in [-0.2, 0) is 66.7 Å². The van der Waals surface area contributed by atoms with Crippen LogP contribution < -0.4 is 5.32 Å². The smallest absolute Gasteiger partial charge is 0.305 e. The van der Waals surface area contributed by atoms with Crippen molar-refractivity contribution in [2.45, 2.75) is 116 Å². The monoisotopic (exact) mass is 842 g/mol. The van der Waals surface area contributed by atoms with Gasteiger partial charge in [0.2, 0.25) is 5.91 Å². The number of aliphatic carboxylic acids is 1. The molecule has 6 N–H and O–H groups in total. The zero-order valence-corrected chi connectivity index (χ0v) is 34.5. The van der Waals surface area contributed by atoms with Crippen LogP contribution in [0.1, 0.15) is 78.6 Å². The van der Waals surface area contributed by atoms with E-state index < -0.39 is 54.7 Å². The second-order valence-electron chi connectivity index (χ2n) is 12.2. The van der Waals surface area contributed by atoms with Crippen molar-refractivity contribution in [3.8, 4) is 0 Å². The van der Waals surface area contributed by atoms with Crippen LogP contribution in [0.3, 0.4) is 0 Å². The molecule has 0 bridgehead atoms. The number of hydrogen-bond acceptors (Lipinski definition) is 18. The molecule has 6 unspecified atom stereocenters. The highest BCUT2D eigenvalue weighted by atomic mass is 16.7. The number of imide groups is 1. The molecule has 21 nitrogen and oxygen atoms in total. The fourth-order valence-electron chi connectivity index (χ4n) is 4.24. The molecular weight excluding hydrogens is 776 g/mol. The Labute approximate surface area is 339 Å². The molecule has 0 spiro atoms. The van der Waals surface area contributed by atoms with Crippen molar-refractivity contribution in [3.05, 3.63) is 12.2 Å². The molecule has 1 heterocycles. The number of rotatable bonds is 31. The number of aliphatic hydroxyl groups is 4. The van der Waals surface area contributed by atoms with Gasteiger partial charge >= 0.3 is 17.9 Å². The molecule has 0 aromatic heterocycles. The summed E-state index contributed by atoms with van der Waals surface area (Å²) in [6, 6.07) is 0. The van der Waals surface area contributed by atoms with Gasteiger partial charge in [0.1, 0.15) is 13.2 Å². The first-order valence-corrected chi connectivity index (χ1v) is 19.0. The van der Waals surface area contributed by atoms with Gasteiger partial charge in [-0.25, -0.2) is 0 Å². The standard InChI is InChI=1S/C18H28N2O8.C12H22O7.C7H16O4/c1-3-13(11-21)28-18(26-2)12-27-17(25)6-4-5-14(22)19-9-10-20-15(23)7-8-16(20)24;1-3-9(7-13)19-12(17-2)8-18-11(16)6-4-5-10(14)15;1-3-6(4-8)11-7(5-9)10-2/h7-8,13,18,21H,3-6,9-12H2,1-2H3,(H,19,22);9,12-13H,3-8H2,1-2H3,(H,14,15);6-9H,3-5H2,1-2H3. The number of nitrogens with zero attached hydrogens (tertiary/aromatic N) is 1. The highest BCUT2D eigenvalue weighted by molar-refractivity contribution is 6.12. The average molecular weight is 843 g/mol. The summed E-state index contributed by atoms with van der Waals surface area (Å²) in [6.45, 7) is 5.13. The number of carbonyl (C=O) groups excluding carboxylic acids is 5. The molecule has 6 atom stereocenters. The molecule has 3 amide bonds. The number of ether oxygens (including phenoxy) is 8. The van der Waals surface area contributed by atoms with Crippen LogP contribution in [0.25, 0.3) is 0 Å². The Balaban J connectivity index is 0. The summed E-state index contributed by atoms with van der Waals surface area (Å²) < 4.78 is 40.6. The second-order valence-corrected chi connectivity index (χ2v) is 12.2. The van der Waals surface area contributed by atoms with Crippen LogP contribution >= 0.6 is 0 Å². The molecular formula is C37H66N2O19. The summed E-state index contributed by atoms with van der Waals surface area (Å²) >= 11 is 0. The highest BCUT2D eigenvalue weighted by Crippen LogP contribution is 2.08. The van der Waals surface area contributed by atoms with E-state index >= 15 is 0 Å². The molecule has 338 valence electrons. The third-order valence-electron chi connectivity index (χ3n) is 7.82. The first-order valence-electron chi connectivity index (χ1n) is 19.0. The number of hydrogen-bond donors (Lipinski definition) is 6. The number of methoxy groups -OCH3 is 3. The predicted molar refractivity (Wildman–Crippen MR) is 202 cm³/mol. The molecule has 0 fully saturated rings. The van der Waals surface area contributed by atoms with Crippen LogP contribution in [-0.4, -0.2) is 177 Å². The Bertz CT molecular complexity index is 1130. The zero-order chi connectivity index (χ0) is 44.3. The summed E-state index contributed by atoms with van der Waals surface area (Å²) in [6.07, 6.45) is 1.82. The van der Waals surface area contributed by atoms with E-state index in [0.29, 0.717) is 25.7 Å². The highest BCUT2D eigenvalue weighted by Gasteiger charge is 2.23. The van der Waals surface area contributed by atoms with Crippen molar-refractivity contribution < 1.29 is 92.2 Å². The largest absolute Gasteiger partial charge is 0.481 e. The lowest BCUT2D eigenvalue weighted by Gasteiger charge is -2.21. The molecule has 58 heavy (non-hydrogen) atoms. The quantitative estimate of drug-likeness (QED) is 0.0299. The third-order valence-corrected chi connectivity index (χ3v) is 7.82. The van der Waals surface area contributed by atoms with E-state index in [9.17, 15) is 28.8 Å². The Morgan fingerprint density at radius 3 is 1.36 bits per heavy atom. The van der Waals surface area contributed by atoms with E-state index in [1.165, 1.54) is 33.5 Å². The molecule has 1 aliphatic rings. The zero-order valence-electron chi connectivity index (χ0n) is 34.5. The maximum Gasteiger partial charge on any atom is 0.305 e. The molecule has 0 aromatic rings. The number of carboxylic acid groups (broad SMARTS) is 1. The minimum Gasteiger partial charge on any atom is -0.481 e. The van der Waals surface area contributed by atoms with E-state index in [1.807, 2.05) is 20.8 Å². The Kier molecular flexibility index (Phi) is 35.5. The number of amides is 3. The summed E-state index contributed by atoms with van der Waals surface area (Å²) in [5.74, 6) is -3.01. The Morgan fingerprint density at radius 2 is 1.02 bits per heavy atom.